The Morgan fingerprint density at radius 1 is 1.12 bits per heavy atom. The average molecular weight is 489 g/mol. The fourth-order valence-electron chi connectivity index (χ4n) is 2.71. The number of rotatable bonds is 8. The zero-order valence-corrected chi connectivity index (χ0v) is 18.4. The number of aromatic nitrogens is 3. The van der Waals surface area contributed by atoms with Crippen molar-refractivity contribution in [1.29, 1.82) is 0 Å². The molecular formula is C22H18F3N5O3S. The van der Waals surface area contributed by atoms with Gasteiger partial charge in [0, 0.05) is 24.6 Å². The summed E-state index contributed by atoms with van der Waals surface area (Å²) in [5.74, 6) is 4.94. The smallest absolute Gasteiger partial charge is 0.406 e. The number of hydrogen-bond donors (Lipinski definition) is 2. The van der Waals surface area contributed by atoms with Crippen molar-refractivity contribution in [3.63, 3.8) is 0 Å². The van der Waals surface area contributed by atoms with Gasteiger partial charge in [0.25, 0.3) is 0 Å². The molecular weight excluding hydrogens is 471 g/mol. The summed E-state index contributed by atoms with van der Waals surface area (Å²) in [4.78, 5) is 27.2. The number of hydrogen-bond acceptors (Lipinski definition) is 7. The number of nitrogens with one attached hydrogen (secondary N) is 1. The molecule has 3 aromatic rings. The minimum atomic E-state index is -4.80. The number of pyridine rings is 1. The van der Waals surface area contributed by atoms with Gasteiger partial charge in [-0.25, -0.2) is 4.98 Å². The van der Waals surface area contributed by atoms with E-state index in [9.17, 15) is 22.8 Å². The van der Waals surface area contributed by atoms with Crippen molar-refractivity contribution < 1.29 is 27.5 Å². The summed E-state index contributed by atoms with van der Waals surface area (Å²) >= 11 is 1.32. The molecule has 176 valence electrons. The molecule has 2 aromatic heterocycles. The molecule has 2 heterocycles. The Morgan fingerprint density at radius 2 is 1.91 bits per heavy atom. The standard InChI is InChI=1S/C22H18F3N5O3S/c23-22(24,25)33-16-6-3-5-15(10-16)11-19(32)28-18-9-8-14(13-27-18)4-1-2-7-20-29-30-21(34-20)12-17(26)31/h3,5-6,8-10,13H,2,7,11-12H2,(H2,26,31)(H,27,28,32). The van der Waals surface area contributed by atoms with Gasteiger partial charge < -0.3 is 15.8 Å². The first-order valence-corrected chi connectivity index (χ1v) is 10.7. The molecule has 0 atom stereocenters. The van der Waals surface area contributed by atoms with Crippen LogP contribution < -0.4 is 15.8 Å². The highest BCUT2D eigenvalue weighted by molar-refractivity contribution is 7.11. The number of primary amides is 1. The lowest BCUT2D eigenvalue weighted by atomic mass is 10.1. The number of carbonyl (C=O) groups is 2. The summed E-state index contributed by atoms with van der Waals surface area (Å²) in [5.41, 5.74) is 6.13. The number of amides is 2. The van der Waals surface area contributed by atoms with Gasteiger partial charge in [-0.1, -0.05) is 24.0 Å². The molecule has 0 unspecified atom stereocenters. The summed E-state index contributed by atoms with van der Waals surface area (Å²) in [6.07, 6.45) is -2.28. The number of aryl methyl sites for hydroxylation is 1. The van der Waals surface area contributed by atoms with Gasteiger partial charge in [0.05, 0.1) is 12.8 Å². The predicted molar refractivity (Wildman–Crippen MR) is 118 cm³/mol. The molecule has 34 heavy (non-hydrogen) atoms. The molecule has 0 bridgehead atoms. The van der Waals surface area contributed by atoms with E-state index in [1.807, 2.05) is 0 Å². The third-order valence-corrected chi connectivity index (χ3v) is 5.04. The predicted octanol–water partition coefficient (Wildman–Crippen LogP) is 3.03. The van der Waals surface area contributed by atoms with Gasteiger partial charge in [-0.2, -0.15) is 0 Å². The van der Waals surface area contributed by atoms with E-state index in [2.05, 4.69) is 37.1 Å². The number of ether oxygens (including phenoxy) is 1. The zero-order valence-electron chi connectivity index (χ0n) is 17.6. The largest absolute Gasteiger partial charge is 0.573 e. The monoisotopic (exact) mass is 489 g/mol. The molecule has 0 radical (unpaired) electrons. The second-order valence-corrected chi connectivity index (χ2v) is 8.03. The molecule has 0 saturated heterocycles. The van der Waals surface area contributed by atoms with E-state index in [-0.39, 0.29) is 18.7 Å². The molecule has 0 fully saturated rings. The molecule has 0 spiro atoms. The van der Waals surface area contributed by atoms with Crippen LogP contribution in [0.25, 0.3) is 0 Å². The maximum absolute atomic E-state index is 12.3. The SMILES string of the molecule is NC(=O)Cc1nnc(CCC#Cc2ccc(NC(=O)Cc3cccc(OC(F)(F)F)c3)nc2)s1. The van der Waals surface area contributed by atoms with Gasteiger partial charge in [0.15, 0.2) is 0 Å². The minimum Gasteiger partial charge on any atom is -0.406 e. The second kappa shape index (κ2) is 11.2. The highest BCUT2D eigenvalue weighted by atomic mass is 32.1. The van der Waals surface area contributed by atoms with Crippen LogP contribution >= 0.6 is 11.3 Å². The van der Waals surface area contributed by atoms with Crippen LogP contribution in [0.4, 0.5) is 19.0 Å². The maximum Gasteiger partial charge on any atom is 0.573 e. The molecule has 12 heteroatoms. The topological polar surface area (TPSA) is 120 Å². The quantitative estimate of drug-likeness (QED) is 0.470. The van der Waals surface area contributed by atoms with E-state index in [0.29, 0.717) is 29.0 Å². The van der Waals surface area contributed by atoms with Crippen LogP contribution in [0.3, 0.4) is 0 Å². The molecule has 0 aliphatic rings. The van der Waals surface area contributed by atoms with Crippen LogP contribution in [0.2, 0.25) is 0 Å². The van der Waals surface area contributed by atoms with Crippen molar-refractivity contribution in [2.24, 2.45) is 5.73 Å². The van der Waals surface area contributed by atoms with Crippen LogP contribution in [0.15, 0.2) is 42.6 Å². The Bertz CT molecular complexity index is 1220. The molecule has 0 saturated carbocycles. The first kappa shape index (κ1) is 24.7. The number of benzene rings is 1. The van der Waals surface area contributed by atoms with E-state index in [0.717, 1.165) is 17.1 Å². The zero-order chi connectivity index (χ0) is 24.6. The Balaban J connectivity index is 1.47. The van der Waals surface area contributed by atoms with E-state index < -0.39 is 23.9 Å². The third kappa shape index (κ3) is 8.51. The molecule has 8 nitrogen and oxygen atoms in total. The summed E-state index contributed by atoms with van der Waals surface area (Å²) in [5, 5.41) is 11.8. The average Bonchev–Trinajstić information content (AvgIpc) is 3.18. The van der Waals surface area contributed by atoms with Crippen LogP contribution in [0, 0.1) is 11.8 Å². The van der Waals surface area contributed by atoms with E-state index in [1.165, 1.54) is 29.7 Å². The number of nitrogens with zero attached hydrogens (tertiary/aromatic N) is 3. The maximum atomic E-state index is 12.3. The number of carbonyl (C=O) groups excluding carboxylic acids is 2. The molecule has 0 aliphatic carbocycles. The third-order valence-electron chi connectivity index (χ3n) is 4.06. The van der Waals surface area contributed by atoms with Gasteiger partial charge in [0.1, 0.15) is 21.6 Å². The summed E-state index contributed by atoms with van der Waals surface area (Å²) in [6, 6.07) is 8.47. The highest BCUT2D eigenvalue weighted by Crippen LogP contribution is 2.23. The number of anilines is 1. The fraction of sp³-hybridized carbons (Fsp3) is 0.227. The molecule has 2 amide bonds. The number of nitrogens with two attached hydrogens (primary N) is 1. The fourth-order valence-corrected chi connectivity index (χ4v) is 3.56. The normalized spacial score (nSPS) is 10.8. The molecule has 3 rings (SSSR count). The van der Waals surface area contributed by atoms with Crippen LogP contribution in [0.5, 0.6) is 5.75 Å². The lowest BCUT2D eigenvalue weighted by Crippen LogP contribution is -2.18. The van der Waals surface area contributed by atoms with Gasteiger partial charge in [-0.15, -0.1) is 34.7 Å². The summed E-state index contributed by atoms with van der Waals surface area (Å²) in [6.45, 7) is 0. The Kier molecular flexibility index (Phi) is 8.15. The van der Waals surface area contributed by atoms with Crippen LogP contribution in [-0.4, -0.2) is 33.4 Å². The van der Waals surface area contributed by atoms with E-state index in [4.69, 9.17) is 5.73 Å². The van der Waals surface area contributed by atoms with Gasteiger partial charge in [0.2, 0.25) is 11.8 Å². The molecule has 3 N–H and O–H groups in total. The lowest BCUT2D eigenvalue weighted by Gasteiger charge is -2.10. The Morgan fingerprint density at radius 3 is 2.62 bits per heavy atom. The van der Waals surface area contributed by atoms with Crippen molar-refractivity contribution in [3.05, 3.63) is 63.7 Å². The van der Waals surface area contributed by atoms with Crippen LogP contribution in [-0.2, 0) is 28.9 Å². The van der Waals surface area contributed by atoms with Crippen molar-refractivity contribution in [1.82, 2.24) is 15.2 Å². The number of alkyl halides is 3. The summed E-state index contributed by atoms with van der Waals surface area (Å²) < 4.78 is 40.9. The Hall–Kier alpha value is -3.98. The van der Waals surface area contributed by atoms with Gasteiger partial charge in [-0.3, -0.25) is 9.59 Å². The second-order valence-electron chi connectivity index (χ2n) is 6.89. The van der Waals surface area contributed by atoms with Crippen molar-refractivity contribution in [2.45, 2.75) is 32.0 Å². The first-order chi connectivity index (χ1) is 16.2. The lowest BCUT2D eigenvalue weighted by molar-refractivity contribution is -0.274. The van der Waals surface area contributed by atoms with Gasteiger partial charge >= 0.3 is 6.36 Å². The number of halogens is 3. The van der Waals surface area contributed by atoms with E-state index in [1.54, 1.807) is 12.1 Å². The van der Waals surface area contributed by atoms with Crippen molar-refractivity contribution >= 4 is 29.0 Å². The van der Waals surface area contributed by atoms with E-state index >= 15 is 0 Å². The Labute approximate surface area is 196 Å². The highest BCUT2D eigenvalue weighted by Gasteiger charge is 2.31. The summed E-state index contributed by atoms with van der Waals surface area (Å²) in [7, 11) is 0. The first-order valence-electron chi connectivity index (χ1n) is 9.85. The minimum absolute atomic E-state index is 0.0662. The van der Waals surface area contributed by atoms with Gasteiger partial charge in [-0.05, 0) is 29.8 Å². The molecule has 1 aromatic carbocycles. The van der Waals surface area contributed by atoms with Crippen molar-refractivity contribution in [2.75, 3.05) is 5.32 Å². The molecule has 0 aliphatic heterocycles. The van der Waals surface area contributed by atoms with Crippen LogP contribution in [0.1, 0.15) is 27.6 Å². The van der Waals surface area contributed by atoms with Crippen molar-refractivity contribution in [3.8, 4) is 17.6 Å².